The first-order valence-corrected chi connectivity index (χ1v) is 16.4. The van der Waals surface area contributed by atoms with Gasteiger partial charge in [0, 0.05) is 54.7 Å². The summed E-state index contributed by atoms with van der Waals surface area (Å²) in [4.78, 5) is 14.9. The van der Waals surface area contributed by atoms with Crippen molar-refractivity contribution in [3.05, 3.63) is 145 Å². The van der Waals surface area contributed by atoms with Crippen LogP contribution in [0.3, 0.4) is 0 Å². The van der Waals surface area contributed by atoms with E-state index in [0.29, 0.717) is 33.5 Å². The Balaban J connectivity index is 1.25. The molecule has 0 aliphatic rings. The molecule has 0 atom stereocenters. The summed E-state index contributed by atoms with van der Waals surface area (Å²) in [6, 6.07) is 21.3. The Bertz CT molecular complexity index is 4020. The van der Waals surface area contributed by atoms with Crippen LogP contribution in [0.5, 0.6) is 0 Å². The van der Waals surface area contributed by atoms with Gasteiger partial charge in [-0.3, -0.25) is 4.57 Å². The Hall–Kier alpha value is -7.25. The van der Waals surface area contributed by atoms with Crippen molar-refractivity contribution in [1.82, 2.24) is 19.5 Å². The molecule has 7 aromatic carbocycles. The summed E-state index contributed by atoms with van der Waals surface area (Å²) < 4.78 is 109. The molecule has 12 aromatic rings. The highest BCUT2D eigenvalue weighted by Crippen LogP contribution is 2.40. The molecule has 0 unspecified atom stereocenters. The number of furan rings is 3. The van der Waals surface area contributed by atoms with Gasteiger partial charge in [-0.25, -0.2) is 4.98 Å². The second-order valence-electron chi connectivity index (χ2n) is 12.4. The van der Waals surface area contributed by atoms with Gasteiger partial charge in [0.15, 0.2) is 11.6 Å². The zero-order valence-corrected chi connectivity index (χ0v) is 26.6. The highest BCUT2D eigenvalue weighted by molar-refractivity contribution is 6.17. The molecule has 12 rings (SSSR count). The smallest absolute Gasteiger partial charge is 0.238 e. The molecule has 0 aliphatic heterocycles. The summed E-state index contributed by atoms with van der Waals surface area (Å²) in [5.74, 6) is 0.101. The molecule has 0 radical (unpaired) electrons. The van der Waals surface area contributed by atoms with Crippen molar-refractivity contribution in [2.45, 2.75) is 0 Å². The highest BCUT2D eigenvalue weighted by Gasteiger charge is 2.22. The second kappa shape index (κ2) is 10.2. The predicted octanol–water partition coefficient (Wildman–Crippen LogP) is 12.0. The van der Waals surface area contributed by atoms with Crippen LogP contribution in [-0.4, -0.2) is 19.5 Å². The van der Waals surface area contributed by atoms with Gasteiger partial charge < -0.3 is 13.3 Å². The Morgan fingerprint density at radius 3 is 2.08 bits per heavy atom. The monoisotopic (exact) mass is 678 g/mol. The van der Waals surface area contributed by atoms with E-state index in [1.165, 1.54) is 4.57 Å². The van der Waals surface area contributed by atoms with Crippen LogP contribution in [0.15, 0.2) is 159 Å². The Kier molecular flexibility index (Phi) is 3.87. The summed E-state index contributed by atoms with van der Waals surface area (Å²) in [6.45, 7) is 0. The molecule has 242 valence electrons. The van der Waals surface area contributed by atoms with Crippen LogP contribution in [0.4, 0.5) is 0 Å². The minimum Gasteiger partial charge on any atom is -0.456 e. The third kappa shape index (κ3) is 3.82. The first kappa shape index (κ1) is 19.8. The normalized spacial score (nSPS) is 14.9. The van der Waals surface area contributed by atoms with E-state index in [1.807, 2.05) is 72.8 Å². The van der Waals surface area contributed by atoms with Crippen molar-refractivity contribution < 1.29 is 27.0 Å². The van der Waals surface area contributed by atoms with E-state index < -0.39 is 54.4 Å². The van der Waals surface area contributed by atoms with Gasteiger partial charge in [0.2, 0.25) is 5.95 Å². The van der Waals surface area contributed by atoms with E-state index in [4.69, 9.17) is 36.4 Å². The van der Waals surface area contributed by atoms with Crippen molar-refractivity contribution in [1.29, 1.82) is 0 Å². The molecule has 52 heavy (non-hydrogen) atoms. The minimum absolute atomic E-state index is 0.0915. The molecule has 0 spiro atoms. The van der Waals surface area contributed by atoms with Crippen LogP contribution in [0.2, 0.25) is 0 Å². The van der Waals surface area contributed by atoms with E-state index in [0.717, 1.165) is 21.5 Å². The van der Waals surface area contributed by atoms with Crippen LogP contribution >= 0.6 is 0 Å². The lowest BCUT2D eigenvalue weighted by atomic mass is 10.1. The summed E-state index contributed by atoms with van der Waals surface area (Å²) in [5, 5.41) is 3.00. The first-order chi connectivity index (χ1) is 29.9. The lowest BCUT2D eigenvalue weighted by Crippen LogP contribution is -2.06. The summed E-state index contributed by atoms with van der Waals surface area (Å²) >= 11 is 0. The average Bonchev–Trinajstić information content (AvgIpc) is 4.07. The van der Waals surface area contributed by atoms with E-state index in [-0.39, 0.29) is 67.4 Å². The average molecular weight is 679 g/mol. The Labute approximate surface area is 308 Å². The molecule has 7 nitrogen and oxygen atoms in total. The molecule has 5 aromatic heterocycles. The fraction of sp³-hybridized carbons (Fsp3) is 0. The van der Waals surface area contributed by atoms with Gasteiger partial charge in [-0.1, -0.05) is 90.9 Å². The molecule has 0 bridgehead atoms. The summed E-state index contributed by atoms with van der Waals surface area (Å²) in [7, 11) is 0. The molecule has 0 saturated heterocycles. The molecule has 0 fully saturated rings. The largest absolute Gasteiger partial charge is 0.456 e. The van der Waals surface area contributed by atoms with Crippen molar-refractivity contribution in [2.24, 2.45) is 0 Å². The third-order valence-electron chi connectivity index (χ3n) is 9.52. The lowest BCUT2D eigenvalue weighted by Gasteiger charge is -2.11. The predicted molar refractivity (Wildman–Crippen MR) is 207 cm³/mol. The van der Waals surface area contributed by atoms with Gasteiger partial charge in [0.25, 0.3) is 0 Å². The molecule has 7 heteroatoms. The first-order valence-electron chi connectivity index (χ1n) is 21.4. The van der Waals surface area contributed by atoms with Crippen LogP contribution in [0.25, 0.3) is 116 Å². The summed E-state index contributed by atoms with van der Waals surface area (Å²) in [6.07, 6.45) is 0. The van der Waals surface area contributed by atoms with Crippen molar-refractivity contribution in [3.8, 4) is 28.7 Å². The van der Waals surface area contributed by atoms with Gasteiger partial charge in [0.1, 0.15) is 33.5 Å². The molecule has 0 aliphatic carbocycles. The standard InChI is InChI=1S/C45H24N4O3/c1-5-16-35-26(10-1)33-23-34-29-13-4-7-18-38(29)51-41(34)24-36(33)49(35)45-47-43(25-20-21-30-27-11-2-6-17-37(27)50-40(30)22-25)46-44(48-45)32-15-9-14-31-28-12-3-8-19-39(28)52-42(31)32/h1-24H/i1D,4D,5D,7D,10D,13D,16D,18D,23D,24D. The zero-order valence-electron chi connectivity index (χ0n) is 36.6. The fourth-order valence-electron chi connectivity index (χ4n) is 7.20. The number of nitrogens with zero attached hydrogens (tertiary/aromatic N) is 4. The van der Waals surface area contributed by atoms with Gasteiger partial charge >= 0.3 is 0 Å². The van der Waals surface area contributed by atoms with E-state index in [1.54, 1.807) is 12.1 Å². The Morgan fingerprint density at radius 1 is 0.462 bits per heavy atom. The SMILES string of the molecule is [2H]c1c([2H])c([2H])c2c(oc3c([2H])c4c(c([2H])c32)c2c([2H])c([2H])c([2H])c([2H])c2n4-c2nc(-c3ccc4c(c3)oc3ccccc34)nc(-c3cccc4c3oc3ccccc34)n2)c1[2H]. The number of hydrogen-bond acceptors (Lipinski definition) is 6. The topological polar surface area (TPSA) is 83.0 Å². The molecule has 0 amide bonds. The van der Waals surface area contributed by atoms with E-state index in [9.17, 15) is 5.48 Å². The maximum atomic E-state index is 9.70. The molecular formula is C45H24N4O3. The number of fused-ring (bicyclic) bond motifs is 12. The van der Waals surface area contributed by atoms with Crippen molar-refractivity contribution in [2.75, 3.05) is 0 Å². The Morgan fingerprint density at radius 2 is 1.17 bits per heavy atom. The molecule has 0 saturated carbocycles. The van der Waals surface area contributed by atoms with E-state index in [2.05, 4.69) is 0 Å². The maximum absolute atomic E-state index is 9.70. The van der Waals surface area contributed by atoms with Crippen LogP contribution in [-0.2, 0) is 0 Å². The fourth-order valence-corrected chi connectivity index (χ4v) is 7.20. The van der Waals surface area contributed by atoms with Crippen LogP contribution < -0.4 is 0 Å². The van der Waals surface area contributed by atoms with Gasteiger partial charge in [-0.05, 0) is 48.5 Å². The van der Waals surface area contributed by atoms with Gasteiger partial charge in [-0.2, -0.15) is 9.97 Å². The lowest BCUT2D eigenvalue weighted by molar-refractivity contribution is 0.668. The van der Waals surface area contributed by atoms with E-state index >= 15 is 0 Å². The van der Waals surface area contributed by atoms with Crippen LogP contribution in [0, 0.1) is 0 Å². The quantitative estimate of drug-likeness (QED) is 0.185. The number of para-hydroxylation sites is 5. The maximum Gasteiger partial charge on any atom is 0.238 e. The summed E-state index contributed by atoms with van der Waals surface area (Å²) in [5.41, 5.74) is 2.59. The van der Waals surface area contributed by atoms with Gasteiger partial charge in [0.05, 0.1) is 30.3 Å². The highest BCUT2D eigenvalue weighted by atomic mass is 16.3. The zero-order chi connectivity index (χ0) is 42.6. The molecule has 0 N–H and O–H groups in total. The second-order valence-corrected chi connectivity index (χ2v) is 12.4. The number of rotatable bonds is 3. The minimum atomic E-state index is -0.584. The van der Waals surface area contributed by atoms with Crippen LogP contribution in [0.1, 0.15) is 13.7 Å². The number of aromatic nitrogens is 4. The molecular weight excluding hydrogens is 645 g/mol. The third-order valence-corrected chi connectivity index (χ3v) is 9.52. The van der Waals surface area contributed by atoms with Crippen molar-refractivity contribution in [3.63, 3.8) is 0 Å². The number of hydrogen-bond donors (Lipinski definition) is 0. The molecule has 5 heterocycles. The van der Waals surface area contributed by atoms with Crippen molar-refractivity contribution >= 4 is 87.6 Å². The number of benzene rings is 7. The van der Waals surface area contributed by atoms with Gasteiger partial charge in [-0.15, -0.1) is 0 Å².